The standard InChI is InChI=1S/C9H20N2O2/c1-8(2,3)13-11(7-12)6-9(4,5)10/h7H,6,10H2,1-5H3. The highest BCUT2D eigenvalue weighted by Crippen LogP contribution is 2.11. The summed E-state index contributed by atoms with van der Waals surface area (Å²) >= 11 is 0. The molecule has 0 rings (SSSR count). The molecule has 0 unspecified atom stereocenters. The molecule has 4 heteroatoms. The van der Waals surface area contributed by atoms with Crippen LogP contribution in [-0.2, 0) is 9.63 Å². The quantitative estimate of drug-likeness (QED) is 0.527. The van der Waals surface area contributed by atoms with Crippen molar-refractivity contribution in [3.05, 3.63) is 0 Å². The smallest absolute Gasteiger partial charge is 0.233 e. The molecule has 0 heterocycles. The average molecular weight is 188 g/mol. The van der Waals surface area contributed by atoms with Gasteiger partial charge in [0.05, 0.1) is 12.1 Å². The second-order valence-corrected chi connectivity index (χ2v) is 4.87. The van der Waals surface area contributed by atoms with Crippen LogP contribution in [0.5, 0.6) is 0 Å². The van der Waals surface area contributed by atoms with Crippen molar-refractivity contribution in [1.82, 2.24) is 5.06 Å². The highest BCUT2D eigenvalue weighted by atomic mass is 16.7. The summed E-state index contributed by atoms with van der Waals surface area (Å²) in [5, 5.41) is 1.24. The second kappa shape index (κ2) is 4.07. The average Bonchev–Trinajstić information content (AvgIpc) is 1.79. The van der Waals surface area contributed by atoms with E-state index in [1.54, 1.807) is 0 Å². The number of hydrogen-bond acceptors (Lipinski definition) is 3. The van der Waals surface area contributed by atoms with Crippen LogP contribution in [0.2, 0.25) is 0 Å². The van der Waals surface area contributed by atoms with Gasteiger partial charge in [-0.3, -0.25) is 9.63 Å². The second-order valence-electron chi connectivity index (χ2n) is 4.87. The molecule has 0 aliphatic carbocycles. The van der Waals surface area contributed by atoms with Crippen LogP contribution in [0.25, 0.3) is 0 Å². The van der Waals surface area contributed by atoms with E-state index >= 15 is 0 Å². The summed E-state index contributed by atoms with van der Waals surface area (Å²) in [6.07, 6.45) is 0.653. The zero-order valence-electron chi connectivity index (χ0n) is 9.13. The SMILES string of the molecule is CC(C)(N)CN(C=O)OC(C)(C)C. The monoisotopic (exact) mass is 188 g/mol. The highest BCUT2D eigenvalue weighted by Gasteiger charge is 2.21. The zero-order chi connectivity index (χ0) is 10.7. The van der Waals surface area contributed by atoms with Gasteiger partial charge < -0.3 is 5.73 Å². The van der Waals surface area contributed by atoms with Gasteiger partial charge in [0.1, 0.15) is 0 Å². The lowest BCUT2D eigenvalue weighted by Crippen LogP contribution is -2.47. The van der Waals surface area contributed by atoms with E-state index in [0.717, 1.165) is 0 Å². The van der Waals surface area contributed by atoms with Crippen molar-refractivity contribution in [2.75, 3.05) is 6.54 Å². The third kappa shape index (κ3) is 7.74. The van der Waals surface area contributed by atoms with Crippen LogP contribution in [0.3, 0.4) is 0 Å². The number of rotatable bonds is 4. The minimum atomic E-state index is -0.438. The van der Waals surface area contributed by atoms with Gasteiger partial charge in [-0.25, -0.2) is 5.06 Å². The van der Waals surface area contributed by atoms with Crippen molar-refractivity contribution in [2.24, 2.45) is 5.73 Å². The summed E-state index contributed by atoms with van der Waals surface area (Å²) < 4.78 is 0. The van der Waals surface area contributed by atoms with Crippen LogP contribution >= 0.6 is 0 Å². The Hall–Kier alpha value is -0.610. The molecule has 0 fully saturated rings. The van der Waals surface area contributed by atoms with Gasteiger partial charge in [0.2, 0.25) is 6.41 Å². The fourth-order valence-corrected chi connectivity index (χ4v) is 0.844. The highest BCUT2D eigenvalue weighted by molar-refractivity contribution is 5.45. The van der Waals surface area contributed by atoms with E-state index in [1.165, 1.54) is 5.06 Å². The minimum Gasteiger partial charge on any atom is -0.324 e. The van der Waals surface area contributed by atoms with Crippen LogP contribution in [-0.4, -0.2) is 29.2 Å². The van der Waals surface area contributed by atoms with E-state index < -0.39 is 5.54 Å². The maximum Gasteiger partial charge on any atom is 0.233 e. The first-order chi connectivity index (χ1) is 5.64. The van der Waals surface area contributed by atoms with E-state index in [0.29, 0.717) is 13.0 Å². The third-order valence-corrected chi connectivity index (χ3v) is 1.07. The lowest BCUT2D eigenvalue weighted by atomic mass is 10.1. The van der Waals surface area contributed by atoms with Crippen LogP contribution in [0.4, 0.5) is 0 Å². The first-order valence-electron chi connectivity index (χ1n) is 4.34. The summed E-state index contributed by atoms with van der Waals surface area (Å²) in [6, 6.07) is 0. The molecule has 0 bridgehead atoms. The van der Waals surface area contributed by atoms with Gasteiger partial charge in [-0.15, -0.1) is 0 Å². The van der Waals surface area contributed by atoms with Crippen LogP contribution in [0.15, 0.2) is 0 Å². The topological polar surface area (TPSA) is 55.6 Å². The van der Waals surface area contributed by atoms with Crippen LogP contribution in [0, 0.1) is 0 Å². The van der Waals surface area contributed by atoms with E-state index in [9.17, 15) is 4.79 Å². The van der Waals surface area contributed by atoms with E-state index in [4.69, 9.17) is 10.6 Å². The van der Waals surface area contributed by atoms with Gasteiger partial charge in [0.15, 0.2) is 0 Å². The summed E-state index contributed by atoms with van der Waals surface area (Å²) in [5.74, 6) is 0. The van der Waals surface area contributed by atoms with E-state index in [2.05, 4.69) is 0 Å². The van der Waals surface area contributed by atoms with Gasteiger partial charge in [0, 0.05) is 5.54 Å². The van der Waals surface area contributed by atoms with Gasteiger partial charge in [-0.05, 0) is 34.6 Å². The molecule has 0 aliphatic rings. The molecular weight excluding hydrogens is 168 g/mol. The van der Waals surface area contributed by atoms with E-state index in [1.807, 2.05) is 34.6 Å². The fourth-order valence-electron chi connectivity index (χ4n) is 0.844. The van der Waals surface area contributed by atoms with Gasteiger partial charge in [-0.1, -0.05) is 0 Å². The Labute approximate surface area is 80.0 Å². The molecule has 78 valence electrons. The van der Waals surface area contributed by atoms with E-state index in [-0.39, 0.29) is 5.60 Å². The molecule has 13 heavy (non-hydrogen) atoms. The molecule has 0 saturated heterocycles. The van der Waals surface area contributed by atoms with Crippen molar-refractivity contribution in [3.63, 3.8) is 0 Å². The Morgan fingerprint density at radius 2 is 1.77 bits per heavy atom. The lowest BCUT2D eigenvalue weighted by Gasteiger charge is -2.31. The predicted molar refractivity (Wildman–Crippen MR) is 51.9 cm³/mol. The number of carbonyl (C=O) groups is 1. The Balaban J connectivity index is 4.13. The van der Waals surface area contributed by atoms with Gasteiger partial charge in [-0.2, -0.15) is 0 Å². The maximum absolute atomic E-state index is 10.6. The molecule has 0 aromatic heterocycles. The molecule has 0 aromatic carbocycles. The largest absolute Gasteiger partial charge is 0.324 e. The minimum absolute atomic E-state index is 0.369. The third-order valence-electron chi connectivity index (χ3n) is 1.07. The summed E-state index contributed by atoms with van der Waals surface area (Å²) in [6.45, 7) is 9.71. The molecule has 0 radical (unpaired) electrons. The molecule has 0 saturated carbocycles. The molecule has 0 aliphatic heterocycles. The summed E-state index contributed by atoms with van der Waals surface area (Å²) in [4.78, 5) is 16.0. The number of hydrogen-bond donors (Lipinski definition) is 1. The molecule has 0 spiro atoms. The number of amides is 1. The molecule has 0 atom stereocenters. The molecule has 0 aromatic rings. The maximum atomic E-state index is 10.6. The zero-order valence-corrected chi connectivity index (χ0v) is 9.13. The number of nitrogens with zero attached hydrogens (tertiary/aromatic N) is 1. The number of hydroxylamine groups is 2. The first kappa shape index (κ1) is 12.4. The Kier molecular flexibility index (Phi) is 3.88. The van der Waals surface area contributed by atoms with Gasteiger partial charge >= 0.3 is 0 Å². The molecule has 1 amide bonds. The summed E-state index contributed by atoms with van der Waals surface area (Å²) in [7, 11) is 0. The van der Waals surface area contributed by atoms with Gasteiger partial charge in [0.25, 0.3) is 0 Å². The first-order valence-corrected chi connectivity index (χ1v) is 4.34. The normalized spacial score (nSPS) is 12.8. The molecule has 2 N–H and O–H groups in total. The van der Waals surface area contributed by atoms with Crippen molar-refractivity contribution < 1.29 is 9.63 Å². The number of nitrogens with two attached hydrogens (primary N) is 1. The van der Waals surface area contributed by atoms with Crippen molar-refractivity contribution >= 4 is 6.41 Å². The Morgan fingerprint density at radius 1 is 1.31 bits per heavy atom. The predicted octanol–water partition coefficient (Wildman–Crippen LogP) is 0.912. The molecular formula is C9H20N2O2. The van der Waals surface area contributed by atoms with Crippen LogP contribution < -0.4 is 5.73 Å². The van der Waals surface area contributed by atoms with Crippen LogP contribution in [0.1, 0.15) is 34.6 Å². The van der Waals surface area contributed by atoms with Crippen molar-refractivity contribution in [3.8, 4) is 0 Å². The fraction of sp³-hybridized carbons (Fsp3) is 0.889. The number of carbonyl (C=O) groups excluding carboxylic acids is 1. The molecule has 4 nitrogen and oxygen atoms in total. The van der Waals surface area contributed by atoms with Crippen molar-refractivity contribution in [1.29, 1.82) is 0 Å². The van der Waals surface area contributed by atoms with Crippen molar-refractivity contribution in [2.45, 2.75) is 45.8 Å². The Morgan fingerprint density at radius 3 is 2.00 bits per heavy atom. The lowest BCUT2D eigenvalue weighted by molar-refractivity contribution is -0.220. The summed E-state index contributed by atoms with van der Waals surface area (Å²) in [5.41, 5.74) is 4.94. The Bertz CT molecular complexity index is 151.